The summed E-state index contributed by atoms with van der Waals surface area (Å²) in [4.78, 5) is 4.44. The van der Waals surface area contributed by atoms with Gasteiger partial charge in [0.1, 0.15) is 0 Å². The summed E-state index contributed by atoms with van der Waals surface area (Å²) < 4.78 is 10.9. The minimum absolute atomic E-state index is 0.313. The molecule has 3 nitrogen and oxygen atoms in total. The summed E-state index contributed by atoms with van der Waals surface area (Å²) in [5.74, 6) is 2.08. The fourth-order valence-electron chi connectivity index (χ4n) is 2.10. The predicted octanol–water partition coefficient (Wildman–Crippen LogP) is 3.09. The third-order valence-electron chi connectivity index (χ3n) is 2.86. The summed E-state index contributed by atoms with van der Waals surface area (Å²) in [6.45, 7) is 4.60. The molecule has 16 heavy (non-hydrogen) atoms. The van der Waals surface area contributed by atoms with Crippen molar-refractivity contribution in [3.63, 3.8) is 0 Å². The highest BCUT2D eigenvalue weighted by Crippen LogP contribution is 2.40. The zero-order valence-electron chi connectivity index (χ0n) is 9.36. The maximum atomic E-state index is 5.50. The third-order valence-corrected chi connectivity index (χ3v) is 2.86. The number of benzene rings is 1. The van der Waals surface area contributed by atoms with E-state index in [2.05, 4.69) is 24.9 Å². The fourth-order valence-corrected chi connectivity index (χ4v) is 2.10. The maximum absolute atomic E-state index is 5.50. The lowest BCUT2D eigenvalue weighted by molar-refractivity contribution is 0.175. The van der Waals surface area contributed by atoms with Crippen LogP contribution >= 0.6 is 0 Å². The standard InChI is InChI=1S/C13H13NO2/c1-8(2)12-9-3-4-11-13(16-7-15-11)10(9)5-6-14-12/h3-6,8H,7H2,1-2H3. The molecule has 1 aliphatic heterocycles. The van der Waals surface area contributed by atoms with Gasteiger partial charge in [0.15, 0.2) is 11.5 Å². The average molecular weight is 215 g/mol. The smallest absolute Gasteiger partial charge is 0.231 e. The molecule has 0 amide bonds. The number of ether oxygens (including phenoxy) is 2. The van der Waals surface area contributed by atoms with Crippen LogP contribution in [0.25, 0.3) is 10.8 Å². The Morgan fingerprint density at radius 2 is 2.00 bits per heavy atom. The minimum Gasteiger partial charge on any atom is -0.454 e. The number of fused-ring (bicyclic) bond motifs is 3. The third kappa shape index (κ3) is 1.24. The van der Waals surface area contributed by atoms with Crippen LogP contribution in [0.1, 0.15) is 25.5 Å². The van der Waals surface area contributed by atoms with Gasteiger partial charge in [-0.15, -0.1) is 0 Å². The van der Waals surface area contributed by atoms with Crippen molar-refractivity contribution >= 4 is 10.8 Å². The lowest BCUT2D eigenvalue weighted by atomic mass is 10.0. The minimum atomic E-state index is 0.313. The molecule has 0 radical (unpaired) electrons. The van der Waals surface area contributed by atoms with Gasteiger partial charge in [0, 0.05) is 17.0 Å². The molecule has 82 valence electrons. The van der Waals surface area contributed by atoms with Crippen molar-refractivity contribution in [3.05, 3.63) is 30.1 Å². The van der Waals surface area contributed by atoms with Crippen LogP contribution in [-0.4, -0.2) is 11.8 Å². The van der Waals surface area contributed by atoms with Gasteiger partial charge in [-0.1, -0.05) is 13.8 Å². The number of nitrogens with zero attached hydrogens (tertiary/aromatic N) is 1. The SMILES string of the molecule is CC(C)c1nccc2c3c(ccc12)OCO3. The molecule has 0 fully saturated rings. The second-order valence-corrected chi connectivity index (χ2v) is 4.25. The highest BCUT2D eigenvalue weighted by molar-refractivity contribution is 5.92. The van der Waals surface area contributed by atoms with E-state index in [0.29, 0.717) is 12.7 Å². The maximum Gasteiger partial charge on any atom is 0.231 e. The van der Waals surface area contributed by atoms with E-state index in [9.17, 15) is 0 Å². The van der Waals surface area contributed by atoms with Crippen LogP contribution in [0, 0.1) is 0 Å². The van der Waals surface area contributed by atoms with E-state index in [4.69, 9.17) is 9.47 Å². The first kappa shape index (κ1) is 9.46. The van der Waals surface area contributed by atoms with Gasteiger partial charge in [0.05, 0.1) is 5.69 Å². The largest absolute Gasteiger partial charge is 0.454 e. The summed E-state index contributed by atoms with van der Waals surface area (Å²) in [5.41, 5.74) is 1.11. The first-order chi connectivity index (χ1) is 7.77. The van der Waals surface area contributed by atoms with Gasteiger partial charge < -0.3 is 9.47 Å². The molecule has 1 aromatic heterocycles. The molecule has 0 N–H and O–H groups in total. The Labute approximate surface area is 94.0 Å². The molecule has 0 atom stereocenters. The Bertz CT molecular complexity index is 549. The van der Waals surface area contributed by atoms with Crippen LogP contribution in [0.4, 0.5) is 0 Å². The van der Waals surface area contributed by atoms with Crippen molar-refractivity contribution in [2.24, 2.45) is 0 Å². The molecule has 0 unspecified atom stereocenters. The molecule has 0 bridgehead atoms. The van der Waals surface area contributed by atoms with E-state index in [1.807, 2.05) is 18.3 Å². The number of hydrogen-bond donors (Lipinski definition) is 0. The molecule has 1 aliphatic rings. The summed E-state index contributed by atoms with van der Waals surface area (Å²) >= 11 is 0. The van der Waals surface area contributed by atoms with Gasteiger partial charge in [0.25, 0.3) is 0 Å². The topological polar surface area (TPSA) is 31.4 Å². The molecule has 0 spiro atoms. The van der Waals surface area contributed by atoms with Crippen molar-refractivity contribution in [1.29, 1.82) is 0 Å². The Kier molecular flexibility index (Phi) is 1.99. The lowest BCUT2D eigenvalue weighted by Gasteiger charge is -2.09. The van der Waals surface area contributed by atoms with E-state index >= 15 is 0 Å². The molecule has 2 aromatic rings. The zero-order valence-corrected chi connectivity index (χ0v) is 9.36. The van der Waals surface area contributed by atoms with Gasteiger partial charge in [0.2, 0.25) is 6.79 Å². The number of pyridine rings is 1. The van der Waals surface area contributed by atoms with Crippen LogP contribution in [0.15, 0.2) is 24.4 Å². The van der Waals surface area contributed by atoms with Gasteiger partial charge in [-0.3, -0.25) is 4.98 Å². The van der Waals surface area contributed by atoms with Crippen molar-refractivity contribution in [2.75, 3.05) is 6.79 Å². The fraction of sp³-hybridized carbons (Fsp3) is 0.308. The molecule has 2 heterocycles. The molecule has 3 heteroatoms. The van der Waals surface area contributed by atoms with Gasteiger partial charge >= 0.3 is 0 Å². The number of aromatic nitrogens is 1. The number of rotatable bonds is 1. The normalized spacial score (nSPS) is 13.7. The van der Waals surface area contributed by atoms with E-state index < -0.39 is 0 Å². The van der Waals surface area contributed by atoms with Crippen LogP contribution < -0.4 is 9.47 Å². The molecule has 1 aromatic carbocycles. The monoisotopic (exact) mass is 215 g/mol. The van der Waals surface area contributed by atoms with E-state index in [-0.39, 0.29) is 0 Å². The van der Waals surface area contributed by atoms with Crippen molar-refractivity contribution in [3.8, 4) is 11.5 Å². The van der Waals surface area contributed by atoms with Gasteiger partial charge in [-0.2, -0.15) is 0 Å². The van der Waals surface area contributed by atoms with Gasteiger partial charge in [-0.25, -0.2) is 0 Å². The Balaban J connectivity index is 2.35. The molecular formula is C13H13NO2. The molecule has 3 rings (SSSR count). The predicted molar refractivity (Wildman–Crippen MR) is 62.0 cm³/mol. The summed E-state index contributed by atoms with van der Waals surface area (Å²) in [6, 6.07) is 6.00. The highest BCUT2D eigenvalue weighted by atomic mass is 16.7. The second kappa shape index (κ2) is 3.37. The summed E-state index contributed by atoms with van der Waals surface area (Å²) in [5, 5.41) is 2.25. The molecule has 0 saturated carbocycles. The van der Waals surface area contributed by atoms with Crippen molar-refractivity contribution in [2.45, 2.75) is 19.8 Å². The van der Waals surface area contributed by atoms with Crippen LogP contribution in [0.5, 0.6) is 11.5 Å². The lowest BCUT2D eigenvalue weighted by Crippen LogP contribution is -1.94. The van der Waals surface area contributed by atoms with Crippen molar-refractivity contribution in [1.82, 2.24) is 4.98 Å². The van der Waals surface area contributed by atoms with Crippen LogP contribution in [-0.2, 0) is 0 Å². The Hall–Kier alpha value is -1.77. The van der Waals surface area contributed by atoms with Gasteiger partial charge in [-0.05, 0) is 24.1 Å². The van der Waals surface area contributed by atoms with E-state index in [1.165, 1.54) is 0 Å². The molecule has 0 aliphatic carbocycles. The van der Waals surface area contributed by atoms with Crippen LogP contribution in [0.2, 0.25) is 0 Å². The average Bonchev–Trinajstić information content (AvgIpc) is 2.76. The first-order valence-corrected chi connectivity index (χ1v) is 5.44. The first-order valence-electron chi connectivity index (χ1n) is 5.44. The Morgan fingerprint density at radius 1 is 1.12 bits per heavy atom. The Morgan fingerprint density at radius 3 is 2.81 bits per heavy atom. The zero-order chi connectivity index (χ0) is 11.1. The van der Waals surface area contributed by atoms with E-state index in [1.54, 1.807) is 0 Å². The van der Waals surface area contributed by atoms with Crippen LogP contribution in [0.3, 0.4) is 0 Å². The quantitative estimate of drug-likeness (QED) is 0.732. The molecular weight excluding hydrogens is 202 g/mol. The summed E-state index contributed by atoms with van der Waals surface area (Å²) in [6.07, 6.45) is 1.83. The second-order valence-electron chi connectivity index (χ2n) is 4.25. The van der Waals surface area contributed by atoms with E-state index in [0.717, 1.165) is 28.0 Å². The van der Waals surface area contributed by atoms with Crippen molar-refractivity contribution < 1.29 is 9.47 Å². The highest BCUT2D eigenvalue weighted by Gasteiger charge is 2.18. The molecule has 0 saturated heterocycles. The number of hydrogen-bond acceptors (Lipinski definition) is 3. The summed E-state index contributed by atoms with van der Waals surface area (Å²) in [7, 11) is 0.